The van der Waals surface area contributed by atoms with Crippen molar-refractivity contribution in [1.82, 2.24) is 9.44 Å². The van der Waals surface area contributed by atoms with Crippen LogP contribution >= 0.6 is 0 Å². The molecule has 0 heterocycles. The van der Waals surface area contributed by atoms with E-state index in [1.54, 1.807) is 0 Å². The molecule has 17 heavy (non-hydrogen) atoms. The molecule has 0 rings (SSSR count). The second kappa shape index (κ2) is 7.31. The predicted octanol–water partition coefficient (Wildman–Crippen LogP) is 0.832. The molecule has 0 bridgehead atoms. The molecule has 0 radical (unpaired) electrons. The van der Waals surface area contributed by atoms with Crippen molar-refractivity contribution in [1.29, 1.82) is 0 Å². The summed E-state index contributed by atoms with van der Waals surface area (Å²) < 4.78 is 28.4. The smallest absolute Gasteiger partial charge is 0.276 e. The van der Waals surface area contributed by atoms with E-state index in [9.17, 15) is 8.42 Å². The maximum atomic E-state index is 11.7. The van der Waals surface area contributed by atoms with Gasteiger partial charge in [-0.2, -0.15) is 8.42 Å². The Hall–Kier alpha value is -0.170. The van der Waals surface area contributed by atoms with Gasteiger partial charge in [-0.1, -0.05) is 27.7 Å². The van der Waals surface area contributed by atoms with E-state index in [1.807, 2.05) is 27.7 Å². The Balaban J connectivity index is 4.33. The van der Waals surface area contributed by atoms with Crippen LogP contribution in [-0.2, 0) is 10.2 Å². The molecule has 104 valence electrons. The van der Waals surface area contributed by atoms with Gasteiger partial charge >= 0.3 is 0 Å². The van der Waals surface area contributed by atoms with Crippen LogP contribution in [0.4, 0.5) is 0 Å². The molecule has 5 nitrogen and oxygen atoms in total. The Labute approximate surface area is 106 Å². The number of nitrogens with two attached hydrogens (primary N) is 1. The van der Waals surface area contributed by atoms with Crippen LogP contribution in [0.1, 0.15) is 40.5 Å². The molecule has 0 aliphatic heterocycles. The van der Waals surface area contributed by atoms with Crippen molar-refractivity contribution < 1.29 is 8.42 Å². The maximum absolute atomic E-state index is 11.7. The Morgan fingerprint density at radius 3 is 2.06 bits per heavy atom. The van der Waals surface area contributed by atoms with E-state index < -0.39 is 10.2 Å². The lowest BCUT2D eigenvalue weighted by atomic mass is 9.83. The van der Waals surface area contributed by atoms with E-state index in [-0.39, 0.29) is 5.41 Å². The Bertz CT molecular complexity index is 290. The summed E-state index contributed by atoms with van der Waals surface area (Å²) in [5.74, 6) is 0.295. The van der Waals surface area contributed by atoms with Gasteiger partial charge in [-0.15, -0.1) is 0 Å². The number of hydrogen-bond donors (Lipinski definition) is 3. The van der Waals surface area contributed by atoms with Crippen LogP contribution in [0.2, 0.25) is 0 Å². The first-order chi connectivity index (χ1) is 7.81. The molecule has 6 heteroatoms. The van der Waals surface area contributed by atoms with Gasteiger partial charge in [-0.25, -0.2) is 9.44 Å². The summed E-state index contributed by atoms with van der Waals surface area (Å²) in [6.07, 6.45) is 1.74. The average molecular weight is 265 g/mol. The minimum atomic E-state index is -3.40. The summed E-state index contributed by atoms with van der Waals surface area (Å²) in [4.78, 5) is 0. The maximum Gasteiger partial charge on any atom is 0.276 e. The fourth-order valence-electron chi connectivity index (χ4n) is 1.44. The molecule has 0 aliphatic rings. The molecule has 0 spiro atoms. The zero-order chi connectivity index (χ0) is 13.5. The highest BCUT2D eigenvalue weighted by Crippen LogP contribution is 2.23. The van der Waals surface area contributed by atoms with Crippen molar-refractivity contribution in [2.45, 2.75) is 40.5 Å². The molecule has 4 N–H and O–H groups in total. The molecule has 0 fully saturated rings. The van der Waals surface area contributed by atoms with Crippen LogP contribution < -0.4 is 15.2 Å². The summed E-state index contributed by atoms with van der Waals surface area (Å²) >= 11 is 0. The molecule has 0 unspecified atom stereocenters. The SMILES string of the molecule is CCC(CC)(CN)CNS(=O)(=O)NCC(C)C. The normalized spacial score (nSPS) is 13.3. The third kappa shape index (κ3) is 6.35. The second-order valence-corrected chi connectivity index (χ2v) is 6.56. The summed E-state index contributed by atoms with van der Waals surface area (Å²) in [6, 6.07) is 0. The van der Waals surface area contributed by atoms with Crippen LogP contribution in [0.3, 0.4) is 0 Å². The van der Waals surface area contributed by atoms with Crippen molar-refractivity contribution in [3.8, 4) is 0 Å². The monoisotopic (exact) mass is 265 g/mol. The zero-order valence-corrected chi connectivity index (χ0v) is 12.2. The molecular weight excluding hydrogens is 238 g/mol. The molecule has 0 atom stereocenters. The average Bonchev–Trinajstić information content (AvgIpc) is 2.29. The fraction of sp³-hybridized carbons (Fsp3) is 1.00. The molecule has 0 saturated heterocycles. The molecule has 0 saturated carbocycles. The van der Waals surface area contributed by atoms with Gasteiger partial charge in [-0.05, 0) is 30.7 Å². The van der Waals surface area contributed by atoms with Gasteiger partial charge in [0.15, 0.2) is 0 Å². The second-order valence-electron chi connectivity index (χ2n) is 4.98. The van der Waals surface area contributed by atoms with Gasteiger partial charge in [0.2, 0.25) is 0 Å². The minimum Gasteiger partial charge on any atom is -0.330 e. The summed E-state index contributed by atoms with van der Waals surface area (Å²) in [5, 5.41) is 0. The standard InChI is InChI=1S/C11H27N3O2S/c1-5-11(6-2,8-12)9-14-17(15,16)13-7-10(3)4/h10,13-14H,5-9,12H2,1-4H3. The predicted molar refractivity (Wildman–Crippen MR) is 71.8 cm³/mol. The minimum absolute atomic E-state index is 0.132. The largest absolute Gasteiger partial charge is 0.330 e. The van der Waals surface area contributed by atoms with E-state index in [0.29, 0.717) is 25.6 Å². The van der Waals surface area contributed by atoms with Crippen LogP contribution in [-0.4, -0.2) is 28.1 Å². The first-order valence-corrected chi connectivity index (χ1v) is 7.73. The highest BCUT2D eigenvalue weighted by atomic mass is 32.2. The molecule has 0 aromatic carbocycles. The van der Waals surface area contributed by atoms with Crippen molar-refractivity contribution in [3.63, 3.8) is 0 Å². The summed E-state index contributed by atoms with van der Waals surface area (Å²) in [5.41, 5.74) is 5.59. The van der Waals surface area contributed by atoms with Crippen LogP contribution in [0.15, 0.2) is 0 Å². The quantitative estimate of drug-likeness (QED) is 0.577. The van der Waals surface area contributed by atoms with E-state index in [1.165, 1.54) is 0 Å². The first kappa shape index (κ1) is 16.8. The van der Waals surface area contributed by atoms with Crippen LogP contribution in [0.5, 0.6) is 0 Å². The number of rotatable bonds is 9. The van der Waals surface area contributed by atoms with Crippen LogP contribution in [0.25, 0.3) is 0 Å². The fourth-order valence-corrected chi connectivity index (χ4v) is 2.59. The van der Waals surface area contributed by atoms with Gasteiger partial charge in [0.25, 0.3) is 10.2 Å². The highest BCUT2D eigenvalue weighted by Gasteiger charge is 2.26. The number of hydrogen-bond acceptors (Lipinski definition) is 3. The van der Waals surface area contributed by atoms with Crippen molar-refractivity contribution in [2.24, 2.45) is 17.1 Å². The molecular formula is C11H27N3O2S. The van der Waals surface area contributed by atoms with Gasteiger partial charge in [0, 0.05) is 13.1 Å². The third-order valence-electron chi connectivity index (χ3n) is 3.25. The van der Waals surface area contributed by atoms with E-state index in [2.05, 4.69) is 9.44 Å². The molecule has 0 aromatic rings. The van der Waals surface area contributed by atoms with Gasteiger partial charge in [-0.3, -0.25) is 0 Å². The van der Waals surface area contributed by atoms with Gasteiger partial charge in [0.1, 0.15) is 0 Å². The summed E-state index contributed by atoms with van der Waals surface area (Å²) in [7, 11) is -3.40. The Kier molecular flexibility index (Phi) is 7.23. The van der Waals surface area contributed by atoms with E-state index >= 15 is 0 Å². The van der Waals surface area contributed by atoms with E-state index in [0.717, 1.165) is 12.8 Å². The van der Waals surface area contributed by atoms with Gasteiger partial charge < -0.3 is 5.73 Å². The zero-order valence-electron chi connectivity index (χ0n) is 11.4. The Morgan fingerprint density at radius 1 is 1.18 bits per heavy atom. The lowest BCUT2D eigenvalue weighted by Gasteiger charge is -2.30. The lowest BCUT2D eigenvalue weighted by molar-refractivity contribution is 0.274. The first-order valence-electron chi connectivity index (χ1n) is 6.25. The van der Waals surface area contributed by atoms with Crippen molar-refractivity contribution in [3.05, 3.63) is 0 Å². The van der Waals surface area contributed by atoms with Gasteiger partial charge in [0.05, 0.1) is 0 Å². The molecule has 0 aliphatic carbocycles. The molecule has 0 aromatic heterocycles. The third-order valence-corrected chi connectivity index (χ3v) is 4.32. The molecule has 0 amide bonds. The lowest BCUT2D eigenvalue weighted by Crippen LogP contribution is -2.46. The van der Waals surface area contributed by atoms with Crippen LogP contribution in [0, 0.1) is 11.3 Å². The Morgan fingerprint density at radius 2 is 1.71 bits per heavy atom. The number of nitrogens with one attached hydrogen (secondary N) is 2. The highest BCUT2D eigenvalue weighted by molar-refractivity contribution is 7.87. The topological polar surface area (TPSA) is 84.2 Å². The van der Waals surface area contributed by atoms with E-state index in [4.69, 9.17) is 5.73 Å². The summed E-state index contributed by atoms with van der Waals surface area (Å²) in [6.45, 7) is 9.33. The van der Waals surface area contributed by atoms with Crippen molar-refractivity contribution >= 4 is 10.2 Å². The van der Waals surface area contributed by atoms with Crippen molar-refractivity contribution in [2.75, 3.05) is 19.6 Å².